The second kappa shape index (κ2) is 8.59. The number of thioether (sulfide) groups is 1. The number of anilines is 1. The van der Waals surface area contributed by atoms with Gasteiger partial charge in [0.15, 0.2) is 0 Å². The lowest BCUT2D eigenvalue weighted by Crippen LogP contribution is -2.52. The molecule has 4 rings (SSSR count). The monoisotopic (exact) mass is 375 g/mol. The lowest BCUT2D eigenvalue weighted by molar-refractivity contribution is -0.134. The van der Waals surface area contributed by atoms with Crippen molar-refractivity contribution in [3.05, 3.63) is 24.4 Å². The number of aromatic nitrogens is 1. The van der Waals surface area contributed by atoms with E-state index in [0.717, 1.165) is 69.7 Å². The highest BCUT2D eigenvalue weighted by Crippen LogP contribution is 2.21. The molecule has 1 aromatic rings. The highest BCUT2D eigenvalue weighted by atomic mass is 32.2. The first-order valence-electron chi connectivity index (χ1n) is 9.78. The number of piperidine rings is 1. The second-order valence-corrected chi connectivity index (χ2v) is 8.57. The van der Waals surface area contributed by atoms with Crippen LogP contribution in [0, 0.1) is 5.92 Å². The number of carbonyl (C=O) groups is 1. The molecule has 4 heterocycles. The molecular weight excluding hydrogens is 346 g/mol. The molecule has 0 radical (unpaired) electrons. The van der Waals surface area contributed by atoms with Crippen molar-refractivity contribution in [1.29, 1.82) is 0 Å². The van der Waals surface area contributed by atoms with Crippen molar-refractivity contribution in [3.63, 3.8) is 0 Å². The van der Waals surface area contributed by atoms with Crippen LogP contribution in [0.25, 0.3) is 0 Å². The van der Waals surface area contributed by atoms with Crippen LogP contribution in [-0.4, -0.2) is 84.2 Å². The average molecular weight is 376 g/mol. The molecule has 6 nitrogen and oxygen atoms in total. The van der Waals surface area contributed by atoms with Crippen LogP contribution in [0.4, 0.5) is 5.82 Å². The van der Waals surface area contributed by atoms with Crippen LogP contribution in [0.5, 0.6) is 0 Å². The summed E-state index contributed by atoms with van der Waals surface area (Å²) in [6.45, 7) is 7.23. The molecule has 1 N–H and O–H groups in total. The van der Waals surface area contributed by atoms with Crippen molar-refractivity contribution in [2.45, 2.75) is 18.9 Å². The maximum atomic E-state index is 12.7. The van der Waals surface area contributed by atoms with Crippen molar-refractivity contribution in [2.24, 2.45) is 5.92 Å². The fourth-order valence-corrected chi connectivity index (χ4v) is 5.19. The summed E-state index contributed by atoms with van der Waals surface area (Å²) in [6.07, 6.45) is 4.26. The Bertz CT molecular complexity index is 587. The van der Waals surface area contributed by atoms with Gasteiger partial charge in [-0.1, -0.05) is 6.07 Å². The highest BCUT2D eigenvalue weighted by molar-refractivity contribution is 7.99. The number of amides is 1. The van der Waals surface area contributed by atoms with Gasteiger partial charge < -0.3 is 9.80 Å². The van der Waals surface area contributed by atoms with E-state index in [2.05, 4.69) is 37.1 Å². The standard InChI is InChI=1S/C19H29N5OS/c25-19(17-14-26-15-21-17)24-7-3-4-16(13-24)12-22-8-10-23(11-9-22)18-5-1-2-6-20-18/h1-2,5-6,16-17,21H,3-4,7-15H2/t16?,17-/m1/s1. The third kappa shape index (κ3) is 4.32. The van der Waals surface area contributed by atoms with Crippen molar-refractivity contribution in [3.8, 4) is 0 Å². The zero-order valence-corrected chi connectivity index (χ0v) is 16.2. The quantitative estimate of drug-likeness (QED) is 0.851. The topological polar surface area (TPSA) is 51.7 Å². The molecule has 142 valence electrons. The van der Waals surface area contributed by atoms with Gasteiger partial charge in [0.1, 0.15) is 5.82 Å². The number of rotatable bonds is 4. The molecule has 0 bridgehead atoms. The molecule has 3 saturated heterocycles. The maximum absolute atomic E-state index is 12.7. The molecule has 3 fully saturated rings. The van der Waals surface area contributed by atoms with Crippen LogP contribution in [0.1, 0.15) is 12.8 Å². The van der Waals surface area contributed by atoms with Gasteiger partial charge in [0.2, 0.25) is 5.91 Å². The van der Waals surface area contributed by atoms with Crippen molar-refractivity contribution >= 4 is 23.5 Å². The van der Waals surface area contributed by atoms with Crippen LogP contribution in [-0.2, 0) is 4.79 Å². The molecule has 26 heavy (non-hydrogen) atoms. The Morgan fingerprint density at radius 3 is 2.85 bits per heavy atom. The summed E-state index contributed by atoms with van der Waals surface area (Å²) >= 11 is 1.83. The molecule has 0 aliphatic carbocycles. The van der Waals surface area contributed by atoms with E-state index in [1.54, 1.807) is 0 Å². The average Bonchev–Trinajstić information content (AvgIpc) is 3.24. The van der Waals surface area contributed by atoms with E-state index >= 15 is 0 Å². The first-order chi connectivity index (χ1) is 12.8. The second-order valence-electron chi connectivity index (χ2n) is 7.54. The number of carbonyl (C=O) groups excluding carboxylic acids is 1. The highest BCUT2D eigenvalue weighted by Gasteiger charge is 2.31. The SMILES string of the molecule is O=C([C@H]1CSCN1)N1CCCC(CN2CCN(c3ccccn3)CC2)C1. The first-order valence-corrected chi connectivity index (χ1v) is 10.9. The van der Waals surface area contributed by atoms with Gasteiger partial charge in [0, 0.05) is 63.6 Å². The minimum atomic E-state index is 0.0423. The normalized spacial score (nSPS) is 27.7. The fourth-order valence-electron chi connectivity index (χ4n) is 4.25. The van der Waals surface area contributed by atoms with Crippen LogP contribution >= 0.6 is 11.8 Å². The lowest BCUT2D eigenvalue weighted by Gasteiger charge is -2.40. The molecule has 0 aromatic carbocycles. The number of hydrogen-bond acceptors (Lipinski definition) is 6. The summed E-state index contributed by atoms with van der Waals surface area (Å²) in [6, 6.07) is 6.16. The number of pyridine rings is 1. The minimum absolute atomic E-state index is 0.0423. The van der Waals surface area contributed by atoms with Crippen molar-refractivity contribution < 1.29 is 4.79 Å². The van der Waals surface area contributed by atoms with Crippen LogP contribution in [0.15, 0.2) is 24.4 Å². The van der Waals surface area contributed by atoms with Crippen LogP contribution < -0.4 is 10.2 Å². The molecule has 1 aromatic heterocycles. The Labute approximate surface area is 160 Å². The van der Waals surface area contributed by atoms with Gasteiger partial charge in [-0.25, -0.2) is 4.98 Å². The summed E-state index contributed by atoms with van der Waals surface area (Å²) in [5.41, 5.74) is 0. The van der Waals surface area contributed by atoms with Gasteiger partial charge in [-0.2, -0.15) is 0 Å². The summed E-state index contributed by atoms with van der Waals surface area (Å²) in [5.74, 6) is 3.86. The van der Waals surface area contributed by atoms with E-state index < -0.39 is 0 Å². The van der Waals surface area contributed by atoms with Gasteiger partial charge in [-0.3, -0.25) is 15.0 Å². The molecule has 1 unspecified atom stereocenters. The third-order valence-corrected chi connectivity index (χ3v) is 6.65. The summed E-state index contributed by atoms with van der Waals surface area (Å²) < 4.78 is 0. The predicted octanol–water partition coefficient (Wildman–Crippen LogP) is 1.10. The summed E-state index contributed by atoms with van der Waals surface area (Å²) in [5, 5.41) is 3.32. The lowest BCUT2D eigenvalue weighted by atomic mass is 9.96. The van der Waals surface area contributed by atoms with Crippen molar-refractivity contribution in [1.82, 2.24) is 20.1 Å². The van der Waals surface area contributed by atoms with E-state index in [4.69, 9.17) is 0 Å². The van der Waals surface area contributed by atoms with Gasteiger partial charge in [0.25, 0.3) is 0 Å². The van der Waals surface area contributed by atoms with Gasteiger partial charge >= 0.3 is 0 Å². The minimum Gasteiger partial charge on any atom is -0.354 e. The molecule has 3 aliphatic rings. The van der Waals surface area contributed by atoms with E-state index in [0.29, 0.717) is 11.8 Å². The smallest absolute Gasteiger partial charge is 0.240 e. The number of nitrogens with one attached hydrogen (secondary N) is 1. The Morgan fingerprint density at radius 1 is 1.23 bits per heavy atom. The molecule has 1 amide bonds. The summed E-state index contributed by atoms with van der Waals surface area (Å²) in [4.78, 5) is 24.2. The zero-order valence-electron chi connectivity index (χ0n) is 15.3. The Balaban J connectivity index is 1.25. The van der Waals surface area contributed by atoms with Crippen LogP contribution in [0.3, 0.4) is 0 Å². The molecule has 3 aliphatic heterocycles. The maximum Gasteiger partial charge on any atom is 0.240 e. The van der Waals surface area contributed by atoms with Crippen molar-refractivity contribution in [2.75, 3.05) is 62.3 Å². The van der Waals surface area contributed by atoms with Gasteiger partial charge in [-0.15, -0.1) is 11.8 Å². The summed E-state index contributed by atoms with van der Waals surface area (Å²) in [7, 11) is 0. The number of piperazine rings is 1. The Kier molecular flexibility index (Phi) is 5.97. The zero-order chi connectivity index (χ0) is 17.8. The first kappa shape index (κ1) is 18.1. The molecule has 0 spiro atoms. The van der Waals surface area contributed by atoms with Gasteiger partial charge in [-0.05, 0) is 30.9 Å². The molecule has 7 heteroatoms. The predicted molar refractivity (Wildman–Crippen MR) is 106 cm³/mol. The molecular formula is C19H29N5OS. The van der Waals surface area contributed by atoms with Crippen LogP contribution in [0.2, 0.25) is 0 Å². The van der Waals surface area contributed by atoms with E-state index in [1.807, 2.05) is 24.0 Å². The Hall–Kier alpha value is -1.31. The molecule has 2 atom stereocenters. The van der Waals surface area contributed by atoms with E-state index in [-0.39, 0.29) is 6.04 Å². The third-order valence-electron chi connectivity index (χ3n) is 5.71. The van der Waals surface area contributed by atoms with Gasteiger partial charge in [0.05, 0.1) is 6.04 Å². The fraction of sp³-hybridized carbons (Fsp3) is 0.684. The Morgan fingerprint density at radius 2 is 2.12 bits per heavy atom. The number of hydrogen-bond donors (Lipinski definition) is 1. The number of likely N-dealkylation sites (tertiary alicyclic amines) is 1. The van der Waals surface area contributed by atoms with E-state index in [1.165, 1.54) is 6.42 Å². The largest absolute Gasteiger partial charge is 0.354 e. The van der Waals surface area contributed by atoms with E-state index in [9.17, 15) is 4.79 Å². The number of nitrogens with zero attached hydrogens (tertiary/aromatic N) is 4. The molecule has 0 saturated carbocycles.